The van der Waals surface area contributed by atoms with E-state index in [9.17, 15) is 5.11 Å². The highest BCUT2D eigenvalue weighted by atomic mass is 16.3. The van der Waals surface area contributed by atoms with Crippen LogP contribution < -0.4 is 0 Å². The van der Waals surface area contributed by atoms with Crippen molar-refractivity contribution >= 4 is 0 Å². The summed E-state index contributed by atoms with van der Waals surface area (Å²) >= 11 is 0. The first kappa shape index (κ1) is 8.51. The Morgan fingerprint density at radius 3 is 2.55 bits per heavy atom. The fraction of sp³-hybridized carbons (Fsp3) is 0.875. The van der Waals surface area contributed by atoms with E-state index in [2.05, 4.69) is 11.0 Å². The van der Waals surface area contributed by atoms with Gasteiger partial charge in [-0.15, -0.1) is 0 Å². The van der Waals surface area contributed by atoms with Crippen LogP contribution >= 0.6 is 0 Å². The molecule has 1 N–H and O–H groups in total. The van der Waals surface area contributed by atoms with Crippen molar-refractivity contribution in [1.29, 1.82) is 5.26 Å². The molecule has 1 aliphatic rings. The Hall–Kier alpha value is -0.590. The van der Waals surface area contributed by atoms with E-state index in [-0.39, 0.29) is 0 Å². The number of hydrogen-bond donors (Lipinski definition) is 1. The highest BCUT2D eigenvalue weighted by Crippen LogP contribution is 2.20. The molecule has 62 valence electrons. The predicted octanol–water partition coefficient (Wildman–Crippen LogP) is 0.357. The summed E-state index contributed by atoms with van der Waals surface area (Å²) in [5, 5.41) is 17.9. The van der Waals surface area contributed by atoms with E-state index < -0.39 is 5.60 Å². The molecular weight excluding hydrogens is 140 g/mol. The fourth-order valence-corrected chi connectivity index (χ4v) is 1.29. The number of likely N-dealkylation sites (tertiary alicyclic amines) is 1. The zero-order valence-corrected chi connectivity index (χ0v) is 6.88. The molecule has 0 aliphatic carbocycles. The molecule has 0 aromatic heterocycles. The molecule has 0 unspecified atom stereocenters. The number of nitrogens with zero attached hydrogens (tertiary/aromatic N) is 2. The van der Waals surface area contributed by atoms with Crippen LogP contribution in [0.1, 0.15) is 19.8 Å². The van der Waals surface area contributed by atoms with E-state index in [1.165, 1.54) is 0 Å². The highest BCUT2D eigenvalue weighted by molar-refractivity contribution is 4.85. The Bertz CT molecular complexity index is 161. The summed E-state index contributed by atoms with van der Waals surface area (Å²) in [7, 11) is 0. The summed E-state index contributed by atoms with van der Waals surface area (Å²) in [6.07, 6.45) is 1.57. The third-order valence-corrected chi connectivity index (χ3v) is 2.23. The van der Waals surface area contributed by atoms with Crippen LogP contribution in [0.5, 0.6) is 0 Å². The summed E-state index contributed by atoms with van der Waals surface area (Å²) < 4.78 is 0. The van der Waals surface area contributed by atoms with Crippen LogP contribution in [0.2, 0.25) is 0 Å². The van der Waals surface area contributed by atoms with Crippen LogP contribution in [0.15, 0.2) is 0 Å². The second-order valence-corrected chi connectivity index (χ2v) is 3.43. The van der Waals surface area contributed by atoms with Gasteiger partial charge in [-0.05, 0) is 19.8 Å². The average molecular weight is 154 g/mol. The third-order valence-electron chi connectivity index (χ3n) is 2.23. The van der Waals surface area contributed by atoms with E-state index >= 15 is 0 Å². The van der Waals surface area contributed by atoms with E-state index in [1.807, 2.05) is 6.92 Å². The van der Waals surface area contributed by atoms with Crippen molar-refractivity contribution in [3.63, 3.8) is 0 Å². The second kappa shape index (κ2) is 3.21. The molecule has 1 fully saturated rings. The lowest BCUT2D eigenvalue weighted by molar-refractivity contribution is -0.00209. The Morgan fingerprint density at radius 2 is 2.09 bits per heavy atom. The van der Waals surface area contributed by atoms with Crippen LogP contribution in [-0.2, 0) is 0 Å². The molecule has 1 rings (SSSR count). The summed E-state index contributed by atoms with van der Waals surface area (Å²) in [6, 6.07) is 2.11. The lowest BCUT2D eigenvalue weighted by Crippen LogP contribution is -2.42. The van der Waals surface area contributed by atoms with Gasteiger partial charge in [-0.3, -0.25) is 4.90 Å². The number of piperidine rings is 1. The standard InChI is InChI=1S/C8H14N2O/c1-8(11)2-5-10(6-3-8)7-4-9/h11H,2-3,5-7H2,1H3. The van der Waals surface area contributed by atoms with Crippen molar-refractivity contribution in [2.75, 3.05) is 19.6 Å². The van der Waals surface area contributed by atoms with Crippen molar-refractivity contribution in [2.45, 2.75) is 25.4 Å². The zero-order valence-electron chi connectivity index (χ0n) is 6.88. The van der Waals surface area contributed by atoms with Gasteiger partial charge in [-0.1, -0.05) is 0 Å². The van der Waals surface area contributed by atoms with Crippen LogP contribution in [0.4, 0.5) is 0 Å². The molecule has 11 heavy (non-hydrogen) atoms. The van der Waals surface area contributed by atoms with Gasteiger partial charge in [0.15, 0.2) is 0 Å². The number of nitriles is 1. The minimum Gasteiger partial charge on any atom is -0.390 e. The molecule has 3 heteroatoms. The maximum absolute atomic E-state index is 9.55. The molecule has 0 spiro atoms. The maximum atomic E-state index is 9.55. The van der Waals surface area contributed by atoms with Crippen molar-refractivity contribution in [3.8, 4) is 6.07 Å². The van der Waals surface area contributed by atoms with E-state index in [0.29, 0.717) is 6.54 Å². The average Bonchev–Trinajstić information content (AvgIpc) is 1.94. The van der Waals surface area contributed by atoms with Crippen LogP contribution in [0, 0.1) is 11.3 Å². The predicted molar refractivity (Wildman–Crippen MR) is 41.9 cm³/mol. The van der Waals surface area contributed by atoms with Crippen molar-refractivity contribution < 1.29 is 5.11 Å². The van der Waals surface area contributed by atoms with Gasteiger partial charge in [0.05, 0.1) is 18.2 Å². The molecule has 1 heterocycles. The minimum absolute atomic E-state index is 0.494. The Morgan fingerprint density at radius 1 is 1.55 bits per heavy atom. The monoisotopic (exact) mass is 154 g/mol. The lowest BCUT2D eigenvalue weighted by atomic mass is 9.94. The maximum Gasteiger partial charge on any atom is 0.0866 e. The molecule has 0 aromatic rings. The van der Waals surface area contributed by atoms with Crippen molar-refractivity contribution in [3.05, 3.63) is 0 Å². The molecule has 1 aliphatic heterocycles. The van der Waals surface area contributed by atoms with Gasteiger partial charge in [0.2, 0.25) is 0 Å². The van der Waals surface area contributed by atoms with Gasteiger partial charge in [0.25, 0.3) is 0 Å². The van der Waals surface area contributed by atoms with Gasteiger partial charge >= 0.3 is 0 Å². The number of rotatable bonds is 1. The molecule has 3 nitrogen and oxygen atoms in total. The van der Waals surface area contributed by atoms with Crippen LogP contribution in [0.25, 0.3) is 0 Å². The number of hydrogen-bond acceptors (Lipinski definition) is 3. The largest absolute Gasteiger partial charge is 0.390 e. The molecule has 0 radical (unpaired) electrons. The molecule has 0 aromatic carbocycles. The molecule has 1 saturated heterocycles. The Kier molecular flexibility index (Phi) is 2.48. The first-order chi connectivity index (χ1) is 5.14. The van der Waals surface area contributed by atoms with Gasteiger partial charge < -0.3 is 5.11 Å². The van der Waals surface area contributed by atoms with Crippen LogP contribution in [0.3, 0.4) is 0 Å². The lowest BCUT2D eigenvalue weighted by Gasteiger charge is -2.34. The van der Waals surface area contributed by atoms with Gasteiger partial charge in [0.1, 0.15) is 0 Å². The summed E-state index contributed by atoms with van der Waals surface area (Å²) in [6.45, 7) is 4.05. The highest BCUT2D eigenvalue weighted by Gasteiger charge is 2.26. The van der Waals surface area contributed by atoms with Crippen molar-refractivity contribution in [1.82, 2.24) is 4.90 Å². The molecule has 0 atom stereocenters. The molecule has 0 bridgehead atoms. The van der Waals surface area contributed by atoms with Gasteiger partial charge in [-0.25, -0.2) is 0 Å². The molecular formula is C8H14N2O. The van der Waals surface area contributed by atoms with Crippen LogP contribution in [-0.4, -0.2) is 35.2 Å². The SMILES string of the molecule is CC1(O)CCN(CC#N)CC1. The minimum atomic E-state index is -0.494. The third kappa shape index (κ3) is 2.49. The summed E-state index contributed by atoms with van der Waals surface area (Å²) in [5.74, 6) is 0. The van der Waals surface area contributed by atoms with Crippen molar-refractivity contribution in [2.24, 2.45) is 0 Å². The summed E-state index contributed by atoms with van der Waals surface area (Å²) in [5.41, 5.74) is -0.494. The number of aliphatic hydroxyl groups is 1. The van der Waals surface area contributed by atoms with E-state index in [1.54, 1.807) is 0 Å². The summed E-state index contributed by atoms with van der Waals surface area (Å²) in [4.78, 5) is 2.07. The Balaban J connectivity index is 2.32. The quantitative estimate of drug-likeness (QED) is 0.555. The van der Waals surface area contributed by atoms with Gasteiger partial charge in [0, 0.05) is 13.1 Å². The Labute approximate surface area is 67.2 Å². The first-order valence-corrected chi connectivity index (χ1v) is 3.96. The zero-order chi connectivity index (χ0) is 8.32. The van der Waals surface area contributed by atoms with E-state index in [0.717, 1.165) is 25.9 Å². The second-order valence-electron chi connectivity index (χ2n) is 3.43. The van der Waals surface area contributed by atoms with E-state index in [4.69, 9.17) is 5.26 Å². The molecule has 0 amide bonds. The molecule has 0 saturated carbocycles. The normalized spacial score (nSPS) is 24.5. The fourth-order valence-electron chi connectivity index (χ4n) is 1.29. The topological polar surface area (TPSA) is 47.3 Å². The van der Waals surface area contributed by atoms with Gasteiger partial charge in [-0.2, -0.15) is 5.26 Å². The first-order valence-electron chi connectivity index (χ1n) is 3.96. The smallest absolute Gasteiger partial charge is 0.0866 e.